The van der Waals surface area contributed by atoms with Gasteiger partial charge in [-0.1, -0.05) is 39.0 Å². The van der Waals surface area contributed by atoms with Gasteiger partial charge in [0, 0.05) is 5.92 Å². The van der Waals surface area contributed by atoms with Crippen molar-refractivity contribution in [2.24, 2.45) is 17.8 Å². The molecule has 0 spiro atoms. The number of rotatable bonds is 7. The van der Waals surface area contributed by atoms with Gasteiger partial charge in [0.05, 0.1) is 12.0 Å². The van der Waals surface area contributed by atoms with Gasteiger partial charge >= 0.3 is 5.97 Å². The summed E-state index contributed by atoms with van der Waals surface area (Å²) in [7, 11) is 0. The van der Waals surface area contributed by atoms with Crippen molar-refractivity contribution >= 4 is 5.97 Å². The Bertz CT molecular complexity index is 385. The van der Waals surface area contributed by atoms with Crippen molar-refractivity contribution in [3.05, 3.63) is 0 Å². The van der Waals surface area contributed by atoms with E-state index in [1.807, 2.05) is 0 Å². The number of carbonyl (C=O) groups excluding carboxylic acids is 1. The minimum absolute atomic E-state index is 0.0369. The zero-order chi connectivity index (χ0) is 16.5. The van der Waals surface area contributed by atoms with E-state index in [-0.39, 0.29) is 23.9 Å². The lowest BCUT2D eigenvalue weighted by molar-refractivity contribution is -0.157. The molecular weight excluding hydrogens is 286 g/mol. The fraction of sp³-hybridized carbons (Fsp3) is 0.900. The molecule has 0 unspecified atom stereocenters. The van der Waals surface area contributed by atoms with Gasteiger partial charge in [-0.25, -0.2) is 0 Å². The second-order valence-electron chi connectivity index (χ2n) is 7.61. The van der Waals surface area contributed by atoms with E-state index in [4.69, 9.17) is 10.00 Å². The molecule has 0 atom stereocenters. The summed E-state index contributed by atoms with van der Waals surface area (Å²) in [5, 5.41) is 8.92. The predicted molar refractivity (Wildman–Crippen MR) is 91.7 cm³/mol. The molecule has 130 valence electrons. The van der Waals surface area contributed by atoms with Crippen molar-refractivity contribution in [1.82, 2.24) is 0 Å². The highest BCUT2D eigenvalue weighted by molar-refractivity contribution is 5.72. The Morgan fingerprint density at radius 1 is 1.00 bits per heavy atom. The van der Waals surface area contributed by atoms with Crippen LogP contribution < -0.4 is 0 Å². The highest BCUT2D eigenvalue weighted by Gasteiger charge is 2.30. The third-order valence-corrected chi connectivity index (χ3v) is 5.79. The Morgan fingerprint density at radius 2 is 1.70 bits per heavy atom. The van der Waals surface area contributed by atoms with Crippen LogP contribution in [-0.4, -0.2) is 12.1 Å². The molecule has 0 radical (unpaired) electrons. The molecule has 23 heavy (non-hydrogen) atoms. The summed E-state index contributed by atoms with van der Waals surface area (Å²) in [4.78, 5) is 12.3. The molecule has 0 aliphatic heterocycles. The van der Waals surface area contributed by atoms with Gasteiger partial charge in [-0.3, -0.25) is 4.79 Å². The zero-order valence-corrected chi connectivity index (χ0v) is 14.8. The number of unbranched alkanes of at least 4 members (excludes halogenated alkanes) is 3. The number of nitrogens with zero attached hydrogens (tertiary/aromatic N) is 1. The first kappa shape index (κ1) is 18.3. The SMILES string of the molecule is CCCCCCC1CCC(C(=O)OC2CCC(C#N)CC2)CC1. The quantitative estimate of drug-likeness (QED) is 0.467. The van der Waals surface area contributed by atoms with Crippen LogP contribution in [0, 0.1) is 29.1 Å². The second-order valence-corrected chi connectivity index (χ2v) is 7.61. The summed E-state index contributed by atoms with van der Waals surface area (Å²) in [5.74, 6) is 1.18. The van der Waals surface area contributed by atoms with E-state index in [1.165, 1.54) is 44.9 Å². The summed E-state index contributed by atoms with van der Waals surface area (Å²) < 4.78 is 5.72. The van der Waals surface area contributed by atoms with Crippen LogP contribution in [0.15, 0.2) is 0 Å². The van der Waals surface area contributed by atoms with Crippen LogP contribution >= 0.6 is 0 Å². The predicted octanol–water partition coefficient (Wildman–Crippen LogP) is 5.39. The van der Waals surface area contributed by atoms with Crippen LogP contribution in [0.25, 0.3) is 0 Å². The van der Waals surface area contributed by atoms with Crippen LogP contribution in [0.3, 0.4) is 0 Å². The van der Waals surface area contributed by atoms with Crippen molar-refractivity contribution in [2.45, 2.75) is 96.5 Å². The average molecular weight is 319 g/mol. The van der Waals surface area contributed by atoms with Gasteiger partial charge in [-0.2, -0.15) is 5.26 Å². The van der Waals surface area contributed by atoms with E-state index < -0.39 is 0 Å². The van der Waals surface area contributed by atoms with Gasteiger partial charge in [0.25, 0.3) is 0 Å². The summed E-state index contributed by atoms with van der Waals surface area (Å²) in [6, 6.07) is 2.33. The molecule has 0 aromatic rings. The van der Waals surface area contributed by atoms with Gasteiger partial charge < -0.3 is 4.74 Å². The lowest BCUT2D eigenvalue weighted by atomic mass is 9.79. The maximum absolute atomic E-state index is 12.3. The van der Waals surface area contributed by atoms with Crippen molar-refractivity contribution < 1.29 is 9.53 Å². The van der Waals surface area contributed by atoms with Gasteiger partial charge in [0.15, 0.2) is 0 Å². The molecular formula is C20H33NO2. The fourth-order valence-corrected chi connectivity index (χ4v) is 4.12. The maximum atomic E-state index is 12.3. The van der Waals surface area contributed by atoms with Gasteiger partial charge in [0.1, 0.15) is 6.10 Å². The molecule has 0 aromatic carbocycles. The Balaban J connectivity index is 1.61. The minimum Gasteiger partial charge on any atom is -0.462 e. The van der Waals surface area contributed by atoms with E-state index in [9.17, 15) is 4.79 Å². The van der Waals surface area contributed by atoms with Gasteiger partial charge in [-0.05, 0) is 57.3 Å². The van der Waals surface area contributed by atoms with E-state index in [1.54, 1.807) is 0 Å². The molecule has 2 aliphatic carbocycles. The Morgan fingerprint density at radius 3 is 2.30 bits per heavy atom. The van der Waals surface area contributed by atoms with Crippen LogP contribution in [-0.2, 0) is 9.53 Å². The third kappa shape index (κ3) is 6.16. The van der Waals surface area contributed by atoms with Crippen molar-refractivity contribution in [1.29, 1.82) is 5.26 Å². The first-order valence-corrected chi connectivity index (χ1v) is 9.83. The van der Waals surface area contributed by atoms with Crippen molar-refractivity contribution in [3.8, 4) is 6.07 Å². The first-order valence-electron chi connectivity index (χ1n) is 9.83. The highest BCUT2D eigenvalue weighted by Crippen LogP contribution is 2.34. The number of carbonyl (C=O) groups is 1. The third-order valence-electron chi connectivity index (χ3n) is 5.79. The normalized spacial score (nSPS) is 31.3. The molecule has 2 saturated carbocycles. The Hall–Kier alpha value is -1.04. The smallest absolute Gasteiger partial charge is 0.309 e. The van der Waals surface area contributed by atoms with E-state index in [2.05, 4.69) is 13.0 Å². The van der Waals surface area contributed by atoms with E-state index >= 15 is 0 Å². The number of nitriles is 1. The molecule has 0 amide bonds. The number of ether oxygens (including phenoxy) is 1. The second kappa shape index (κ2) is 9.96. The summed E-state index contributed by atoms with van der Waals surface area (Å²) in [6.07, 6.45) is 14.8. The number of hydrogen-bond acceptors (Lipinski definition) is 3. The molecule has 0 N–H and O–H groups in total. The Kier molecular flexibility index (Phi) is 7.92. The number of hydrogen-bond donors (Lipinski definition) is 0. The first-order chi connectivity index (χ1) is 11.2. The summed E-state index contributed by atoms with van der Waals surface area (Å²) in [5.41, 5.74) is 0. The molecule has 0 saturated heterocycles. The molecule has 3 nitrogen and oxygen atoms in total. The molecule has 2 fully saturated rings. The van der Waals surface area contributed by atoms with Crippen molar-refractivity contribution in [2.75, 3.05) is 0 Å². The maximum Gasteiger partial charge on any atom is 0.309 e. The minimum atomic E-state index is 0.0369. The molecule has 0 aromatic heterocycles. The average Bonchev–Trinajstić information content (AvgIpc) is 2.60. The highest BCUT2D eigenvalue weighted by atomic mass is 16.5. The molecule has 2 aliphatic rings. The molecule has 2 rings (SSSR count). The van der Waals surface area contributed by atoms with Gasteiger partial charge in [-0.15, -0.1) is 0 Å². The van der Waals surface area contributed by atoms with Crippen LogP contribution in [0.5, 0.6) is 0 Å². The van der Waals surface area contributed by atoms with Crippen LogP contribution in [0.4, 0.5) is 0 Å². The largest absolute Gasteiger partial charge is 0.462 e. The summed E-state index contributed by atoms with van der Waals surface area (Å²) in [6.45, 7) is 2.25. The lowest BCUT2D eigenvalue weighted by Crippen LogP contribution is -2.30. The Labute approximate surface area is 141 Å². The fourth-order valence-electron chi connectivity index (χ4n) is 4.12. The zero-order valence-electron chi connectivity index (χ0n) is 14.8. The van der Waals surface area contributed by atoms with E-state index in [0.29, 0.717) is 0 Å². The topological polar surface area (TPSA) is 50.1 Å². The summed E-state index contributed by atoms with van der Waals surface area (Å²) >= 11 is 0. The monoisotopic (exact) mass is 319 g/mol. The molecule has 3 heteroatoms. The van der Waals surface area contributed by atoms with Crippen molar-refractivity contribution in [3.63, 3.8) is 0 Å². The van der Waals surface area contributed by atoms with E-state index in [0.717, 1.165) is 44.4 Å². The number of esters is 1. The van der Waals surface area contributed by atoms with Crippen LogP contribution in [0.2, 0.25) is 0 Å². The van der Waals surface area contributed by atoms with Gasteiger partial charge in [0.2, 0.25) is 0 Å². The molecule has 0 bridgehead atoms. The van der Waals surface area contributed by atoms with Crippen LogP contribution in [0.1, 0.15) is 90.4 Å². The lowest BCUT2D eigenvalue weighted by Gasteiger charge is -2.30. The molecule has 0 heterocycles. The standard InChI is InChI=1S/C20H33NO2/c1-2-3-4-5-6-16-7-11-18(12-8-16)20(22)23-19-13-9-17(15-21)10-14-19/h16-19H,2-14H2,1H3.